The Morgan fingerprint density at radius 1 is 1.27 bits per heavy atom. The normalized spacial score (nSPS) is 18.5. The highest BCUT2D eigenvalue weighted by Gasteiger charge is 2.34. The van der Waals surface area contributed by atoms with Crippen LogP contribution in [0.5, 0.6) is 0 Å². The molecule has 1 unspecified atom stereocenters. The lowest BCUT2D eigenvalue weighted by atomic mass is 9.80. The number of hydrogen-bond acceptors (Lipinski definition) is 2. The number of nitrogens with one attached hydrogen (secondary N) is 2. The van der Waals surface area contributed by atoms with E-state index < -0.39 is 5.60 Å². The monoisotopic (exact) mass is 303 g/mol. The second-order valence-electron chi connectivity index (χ2n) is 6.47. The van der Waals surface area contributed by atoms with Crippen LogP contribution in [-0.2, 0) is 0 Å². The lowest BCUT2D eigenvalue weighted by Crippen LogP contribution is -2.43. The smallest absolute Gasteiger partial charge is 0.191 e. The fourth-order valence-electron chi connectivity index (χ4n) is 2.57. The van der Waals surface area contributed by atoms with Gasteiger partial charge in [0.2, 0.25) is 0 Å². The predicted molar refractivity (Wildman–Crippen MR) is 92.4 cm³/mol. The van der Waals surface area contributed by atoms with Gasteiger partial charge in [-0.25, -0.2) is 0 Å². The molecule has 4 nitrogen and oxygen atoms in total. The number of benzene rings is 1. The minimum Gasteiger partial charge on any atom is -0.388 e. The zero-order valence-electron chi connectivity index (χ0n) is 14.0. The molecular formula is C18H29N3O. The van der Waals surface area contributed by atoms with Crippen molar-refractivity contribution in [1.82, 2.24) is 10.6 Å². The summed E-state index contributed by atoms with van der Waals surface area (Å²) in [5.41, 5.74) is 2.05. The number of aliphatic hydroxyl groups is 1. The fourth-order valence-corrected chi connectivity index (χ4v) is 2.57. The number of aryl methyl sites for hydroxylation is 1. The van der Waals surface area contributed by atoms with E-state index in [0.29, 0.717) is 12.5 Å². The van der Waals surface area contributed by atoms with Crippen molar-refractivity contribution >= 4 is 5.96 Å². The average molecular weight is 303 g/mol. The Labute approximate surface area is 134 Å². The van der Waals surface area contributed by atoms with Crippen molar-refractivity contribution in [2.45, 2.75) is 51.6 Å². The Morgan fingerprint density at radius 2 is 1.95 bits per heavy atom. The van der Waals surface area contributed by atoms with Crippen LogP contribution in [0.3, 0.4) is 0 Å². The molecule has 2 rings (SSSR count). The summed E-state index contributed by atoms with van der Waals surface area (Å²) in [7, 11) is 0. The third kappa shape index (κ3) is 4.73. The highest BCUT2D eigenvalue weighted by atomic mass is 16.3. The molecule has 4 heteroatoms. The van der Waals surface area contributed by atoms with E-state index in [2.05, 4.69) is 60.7 Å². The number of rotatable bonds is 6. The van der Waals surface area contributed by atoms with Gasteiger partial charge in [-0.2, -0.15) is 0 Å². The van der Waals surface area contributed by atoms with E-state index >= 15 is 0 Å². The molecule has 1 saturated carbocycles. The van der Waals surface area contributed by atoms with Crippen LogP contribution in [0.4, 0.5) is 0 Å². The maximum Gasteiger partial charge on any atom is 0.191 e. The first-order valence-electron chi connectivity index (χ1n) is 8.33. The summed E-state index contributed by atoms with van der Waals surface area (Å²) in [4.78, 5) is 4.53. The molecule has 0 aliphatic heterocycles. The van der Waals surface area contributed by atoms with Gasteiger partial charge in [0, 0.05) is 13.1 Å². The van der Waals surface area contributed by atoms with Gasteiger partial charge in [0.05, 0.1) is 12.1 Å². The number of hydrogen-bond donors (Lipinski definition) is 3. The molecule has 1 atom stereocenters. The highest BCUT2D eigenvalue weighted by molar-refractivity contribution is 5.79. The van der Waals surface area contributed by atoms with Crippen molar-refractivity contribution in [3.05, 3.63) is 35.4 Å². The molecule has 0 heterocycles. The van der Waals surface area contributed by atoms with Crippen LogP contribution < -0.4 is 10.6 Å². The van der Waals surface area contributed by atoms with Crippen LogP contribution >= 0.6 is 0 Å². The van der Waals surface area contributed by atoms with Crippen LogP contribution in [0.1, 0.15) is 50.2 Å². The van der Waals surface area contributed by atoms with Gasteiger partial charge < -0.3 is 15.7 Å². The summed E-state index contributed by atoms with van der Waals surface area (Å²) < 4.78 is 0. The lowest BCUT2D eigenvalue weighted by molar-refractivity contribution is -0.0236. The van der Waals surface area contributed by atoms with E-state index in [1.165, 1.54) is 11.1 Å². The first-order chi connectivity index (χ1) is 10.5. The van der Waals surface area contributed by atoms with Crippen molar-refractivity contribution in [2.75, 3.05) is 19.6 Å². The molecule has 1 aliphatic carbocycles. The summed E-state index contributed by atoms with van der Waals surface area (Å²) in [6.45, 7) is 8.50. The van der Waals surface area contributed by atoms with Crippen LogP contribution in [0.2, 0.25) is 0 Å². The van der Waals surface area contributed by atoms with Gasteiger partial charge >= 0.3 is 0 Å². The molecule has 1 aromatic rings. The summed E-state index contributed by atoms with van der Waals surface area (Å²) >= 11 is 0. The Balaban J connectivity index is 1.87. The van der Waals surface area contributed by atoms with Gasteiger partial charge in [0.1, 0.15) is 0 Å². The molecule has 22 heavy (non-hydrogen) atoms. The topological polar surface area (TPSA) is 56.7 Å². The maximum atomic E-state index is 10.1. The molecular weight excluding hydrogens is 274 g/mol. The fraction of sp³-hybridized carbons (Fsp3) is 0.611. The van der Waals surface area contributed by atoms with Crippen LogP contribution in [0.25, 0.3) is 0 Å². The molecule has 1 fully saturated rings. The second-order valence-corrected chi connectivity index (χ2v) is 6.47. The molecule has 1 aliphatic rings. The third-order valence-corrected chi connectivity index (χ3v) is 4.38. The largest absolute Gasteiger partial charge is 0.388 e. The summed E-state index contributed by atoms with van der Waals surface area (Å²) in [6, 6.07) is 8.67. The number of guanidine groups is 1. The molecule has 3 N–H and O–H groups in total. The lowest BCUT2D eigenvalue weighted by Gasteiger charge is -2.35. The predicted octanol–water partition coefficient (Wildman–Crippen LogP) is 2.57. The van der Waals surface area contributed by atoms with Gasteiger partial charge in [0.25, 0.3) is 0 Å². The Morgan fingerprint density at radius 3 is 2.50 bits per heavy atom. The minimum atomic E-state index is -0.565. The van der Waals surface area contributed by atoms with E-state index in [-0.39, 0.29) is 0 Å². The number of aliphatic imine (C=N–C) groups is 1. The second kappa shape index (κ2) is 7.63. The highest BCUT2D eigenvalue weighted by Crippen LogP contribution is 2.31. The molecule has 0 spiro atoms. The maximum absolute atomic E-state index is 10.1. The van der Waals surface area contributed by atoms with E-state index in [1.807, 2.05) is 0 Å². The SMILES string of the molecule is CCNC(=NCC1(O)CCC1)NCC(C)c1ccc(C)cc1. The molecule has 0 radical (unpaired) electrons. The Hall–Kier alpha value is -1.55. The Bertz CT molecular complexity index is 492. The molecule has 122 valence electrons. The van der Waals surface area contributed by atoms with Crippen LogP contribution in [0, 0.1) is 6.92 Å². The first-order valence-corrected chi connectivity index (χ1v) is 8.33. The van der Waals surface area contributed by atoms with E-state index in [1.54, 1.807) is 0 Å². The van der Waals surface area contributed by atoms with Crippen molar-refractivity contribution < 1.29 is 5.11 Å². The molecule has 0 bridgehead atoms. The average Bonchev–Trinajstić information content (AvgIpc) is 2.48. The third-order valence-electron chi connectivity index (χ3n) is 4.38. The standard InChI is InChI=1S/C18H29N3O/c1-4-19-17(21-13-18(22)10-5-11-18)20-12-15(3)16-8-6-14(2)7-9-16/h6-9,15,22H,4-5,10-13H2,1-3H3,(H2,19,20,21). The van der Waals surface area contributed by atoms with E-state index in [0.717, 1.165) is 38.3 Å². The quantitative estimate of drug-likeness (QED) is 0.559. The Kier molecular flexibility index (Phi) is 5.83. The summed E-state index contributed by atoms with van der Waals surface area (Å²) in [6.07, 6.45) is 2.85. The van der Waals surface area contributed by atoms with Crippen LogP contribution in [-0.4, -0.2) is 36.3 Å². The van der Waals surface area contributed by atoms with Crippen LogP contribution in [0.15, 0.2) is 29.3 Å². The molecule has 0 aromatic heterocycles. The molecule has 0 amide bonds. The van der Waals surface area contributed by atoms with Crippen molar-refractivity contribution in [1.29, 1.82) is 0 Å². The van der Waals surface area contributed by atoms with Gasteiger partial charge in [-0.3, -0.25) is 4.99 Å². The van der Waals surface area contributed by atoms with Gasteiger partial charge in [0.15, 0.2) is 5.96 Å². The summed E-state index contributed by atoms with van der Waals surface area (Å²) in [5.74, 6) is 1.21. The van der Waals surface area contributed by atoms with Gasteiger partial charge in [-0.05, 0) is 44.6 Å². The van der Waals surface area contributed by atoms with Gasteiger partial charge in [-0.1, -0.05) is 36.8 Å². The summed E-state index contributed by atoms with van der Waals surface area (Å²) in [5, 5.41) is 16.8. The van der Waals surface area contributed by atoms with Crippen molar-refractivity contribution in [2.24, 2.45) is 4.99 Å². The van der Waals surface area contributed by atoms with Gasteiger partial charge in [-0.15, -0.1) is 0 Å². The van der Waals surface area contributed by atoms with Crippen molar-refractivity contribution in [3.63, 3.8) is 0 Å². The molecule has 0 saturated heterocycles. The number of nitrogens with zero attached hydrogens (tertiary/aromatic N) is 1. The van der Waals surface area contributed by atoms with E-state index in [9.17, 15) is 5.11 Å². The molecule has 1 aromatic carbocycles. The van der Waals surface area contributed by atoms with Crippen molar-refractivity contribution in [3.8, 4) is 0 Å². The zero-order chi connectivity index (χ0) is 16.0. The zero-order valence-corrected chi connectivity index (χ0v) is 14.0. The first kappa shape index (κ1) is 16.8. The van der Waals surface area contributed by atoms with E-state index in [4.69, 9.17) is 0 Å². The minimum absolute atomic E-state index is 0.413.